The second-order valence-corrected chi connectivity index (χ2v) is 7.53. The van der Waals surface area contributed by atoms with Crippen molar-refractivity contribution >= 4 is 17.4 Å². The van der Waals surface area contributed by atoms with Crippen LogP contribution in [0.5, 0.6) is 0 Å². The van der Waals surface area contributed by atoms with Crippen LogP contribution in [0.2, 0.25) is 0 Å². The van der Waals surface area contributed by atoms with E-state index in [1.165, 1.54) is 47.4 Å². The number of aliphatic hydroxyl groups is 1. The van der Waals surface area contributed by atoms with E-state index in [9.17, 15) is 23.5 Å². The van der Waals surface area contributed by atoms with E-state index in [1.807, 2.05) is 13.8 Å². The minimum atomic E-state index is -0.860. The molecule has 1 aliphatic heterocycles. The van der Waals surface area contributed by atoms with Gasteiger partial charge in [-0.05, 0) is 61.5 Å². The van der Waals surface area contributed by atoms with Crippen molar-refractivity contribution in [3.63, 3.8) is 0 Å². The van der Waals surface area contributed by atoms with Crippen molar-refractivity contribution in [2.75, 3.05) is 26.2 Å². The number of amides is 1. The highest BCUT2D eigenvalue weighted by Gasteiger charge is 2.46. The lowest BCUT2D eigenvalue weighted by Gasteiger charge is -2.28. The summed E-state index contributed by atoms with van der Waals surface area (Å²) in [6.45, 7) is 7.96. The number of halogens is 2. The van der Waals surface area contributed by atoms with Crippen LogP contribution in [-0.4, -0.2) is 52.8 Å². The molecule has 1 heterocycles. The molecule has 1 aliphatic rings. The fourth-order valence-electron chi connectivity index (χ4n) is 3.84. The first-order valence-corrected chi connectivity index (χ1v) is 10.3. The summed E-state index contributed by atoms with van der Waals surface area (Å²) in [5.41, 5.74) is 0.980. The molecule has 2 aromatic rings. The van der Waals surface area contributed by atoms with Crippen molar-refractivity contribution in [1.82, 2.24) is 9.80 Å². The highest BCUT2D eigenvalue weighted by molar-refractivity contribution is 6.46. The van der Waals surface area contributed by atoms with E-state index >= 15 is 0 Å². The topological polar surface area (TPSA) is 60.9 Å². The Kier molecular flexibility index (Phi) is 6.85. The summed E-state index contributed by atoms with van der Waals surface area (Å²) in [7, 11) is 0. The molecule has 1 unspecified atom stereocenters. The molecular formula is C24H26F2N2O3. The van der Waals surface area contributed by atoms with E-state index in [0.717, 1.165) is 13.1 Å². The van der Waals surface area contributed by atoms with E-state index in [1.54, 1.807) is 6.92 Å². The van der Waals surface area contributed by atoms with Crippen molar-refractivity contribution in [2.24, 2.45) is 0 Å². The van der Waals surface area contributed by atoms with Gasteiger partial charge in [0.15, 0.2) is 0 Å². The predicted octanol–water partition coefficient (Wildman–Crippen LogP) is 4.04. The maximum atomic E-state index is 13.7. The molecule has 5 nitrogen and oxygen atoms in total. The van der Waals surface area contributed by atoms with Crippen LogP contribution in [0.3, 0.4) is 0 Å². The van der Waals surface area contributed by atoms with Gasteiger partial charge in [-0.25, -0.2) is 8.78 Å². The first-order chi connectivity index (χ1) is 14.8. The van der Waals surface area contributed by atoms with Gasteiger partial charge in [-0.15, -0.1) is 0 Å². The minimum Gasteiger partial charge on any atom is -0.507 e. The van der Waals surface area contributed by atoms with Gasteiger partial charge >= 0.3 is 0 Å². The third-order valence-corrected chi connectivity index (χ3v) is 5.71. The molecule has 7 heteroatoms. The third-order valence-electron chi connectivity index (χ3n) is 5.71. The Bertz CT molecular complexity index is 1010. The fourth-order valence-corrected chi connectivity index (χ4v) is 3.84. The molecule has 31 heavy (non-hydrogen) atoms. The zero-order chi connectivity index (χ0) is 22.7. The van der Waals surface area contributed by atoms with E-state index < -0.39 is 29.4 Å². The first-order valence-electron chi connectivity index (χ1n) is 10.3. The smallest absolute Gasteiger partial charge is 0.295 e. The fraction of sp³-hybridized carbons (Fsp3) is 0.333. The van der Waals surface area contributed by atoms with Gasteiger partial charge in [0.2, 0.25) is 0 Å². The molecule has 0 bridgehead atoms. The van der Waals surface area contributed by atoms with Crippen molar-refractivity contribution in [3.05, 3.63) is 76.4 Å². The average molecular weight is 428 g/mol. The van der Waals surface area contributed by atoms with Crippen LogP contribution >= 0.6 is 0 Å². The summed E-state index contributed by atoms with van der Waals surface area (Å²) in [6, 6.07) is 8.64. The Morgan fingerprint density at radius 2 is 1.71 bits per heavy atom. The molecular weight excluding hydrogens is 402 g/mol. The Morgan fingerprint density at radius 3 is 2.29 bits per heavy atom. The molecule has 0 radical (unpaired) electrons. The van der Waals surface area contributed by atoms with Crippen molar-refractivity contribution in [3.8, 4) is 0 Å². The van der Waals surface area contributed by atoms with E-state index in [0.29, 0.717) is 17.7 Å². The lowest BCUT2D eigenvalue weighted by atomic mass is 9.95. The Labute approximate surface area is 180 Å². The van der Waals surface area contributed by atoms with Crippen LogP contribution in [0, 0.1) is 18.6 Å². The molecule has 1 amide bonds. The molecule has 3 rings (SSSR count). The highest BCUT2D eigenvalue weighted by Crippen LogP contribution is 2.39. The average Bonchev–Trinajstić information content (AvgIpc) is 3.01. The summed E-state index contributed by atoms with van der Waals surface area (Å²) in [4.78, 5) is 29.4. The molecule has 1 N–H and O–H groups in total. The number of hydrogen-bond acceptors (Lipinski definition) is 4. The quantitative estimate of drug-likeness (QED) is 0.411. The largest absolute Gasteiger partial charge is 0.507 e. The summed E-state index contributed by atoms with van der Waals surface area (Å²) < 4.78 is 27.2. The molecule has 0 aromatic heterocycles. The van der Waals surface area contributed by atoms with Crippen LogP contribution in [0.1, 0.15) is 36.6 Å². The zero-order valence-electron chi connectivity index (χ0n) is 17.9. The van der Waals surface area contributed by atoms with E-state index in [4.69, 9.17) is 0 Å². The summed E-state index contributed by atoms with van der Waals surface area (Å²) in [5, 5.41) is 11.0. The standard InChI is InChI=1S/C24H26F2N2O3/c1-4-27(5-2)12-13-28-21(16-6-9-18(25)10-7-16)20(23(30)24(28)31)22(29)17-8-11-19(26)15(3)14-17/h6-11,14,21,29H,4-5,12-13H2,1-3H3/b22-20-. The lowest BCUT2D eigenvalue weighted by molar-refractivity contribution is -0.140. The van der Waals surface area contributed by atoms with Gasteiger partial charge in [0.05, 0.1) is 11.6 Å². The number of benzene rings is 2. The summed E-state index contributed by atoms with van der Waals surface area (Å²) in [6.07, 6.45) is 0. The maximum Gasteiger partial charge on any atom is 0.295 e. The van der Waals surface area contributed by atoms with E-state index in [2.05, 4.69) is 4.90 Å². The normalized spacial score (nSPS) is 18.3. The van der Waals surface area contributed by atoms with Crippen LogP contribution in [0.25, 0.3) is 5.76 Å². The van der Waals surface area contributed by atoms with Crippen molar-refractivity contribution in [2.45, 2.75) is 26.8 Å². The minimum absolute atomic E-state index is 0.0813. The Balaban J connectivity index is 2.11. The Hall–Kier alpha value is -3.06. The van der Waals surface area contributed by atoms with Gasteiger partial charge in [-0.2, -0.15) is 0 Å². The van der Waals surface area contributed by atoms with Crippen molar-refractivity contribution < 1.29 is 23.5 Å². The van der Waals surface area contributed by atoms with Gasteiger partial charge in [0.1, 0.15) is 17.4 Å². The SMILES string of the molecule is CCN(CC)CCN1C(=O)C(=O)/C(=C(\O)c2ccc(F)c(C)c2)C1c1ccc(F)cc1. The second-order valence-electron chi connectivity index (χ2n) is 7.53. The van der Waals surface area contributed by atoms with Crippen LogP contribution in [0.15, 0.2) is 48.0 Å². The number of ketones is 1. The number of Topliss-reactive ketones (excluding diaryl/α,β-unsaturated/α-hetero) is 1. The number of likely N-dealkylation sites (N-methyl/N-ethyl adjacent to an activating group) is 1. The first kappa shape index (κ1) is 22.6. The Morgan fingerprint density at radius 1 is 1.06 bits per heavy atom. The van der Waals surface area contributed by atoms with Crippen LogP contribution in [-0.2, 0) is 9.59 Å². The molecule has 1 atom stereocenters. The lowest BCUT2D eigenvalue weighted by Crippen LogP contribution is -2.38. The zero-order valence-corrected chi connectivity index (χ0v) is 17.9. The van der Waals surface area contributed by atoms with Gasteiger partial charge in [-0.1, -0.05) is 26.0 Å². The number of nitrogens with zero attached hydrogens (tertiary/aromatic N) is 2. The van der Waals surface area contributed by atoms with Crippen LogP contribution < -0.4 is 0 Å². The molecule has 164 valence electrons. The van der Waals surface area contributed by atoms with Crippen molar-refractivity contribution in [1.29, 1.82) is 0 Å². The molecule has 0 spiro atoms. The van der Waals surface area contributed by atoms with Crippen LogP contribution in [0.4, 0.5) is 8.78 Å². The summed E-state index contributed by atoms with van der Waals surface area (Å²) >= 11 is 0. The molecule has 1 fully saturated rings. The number of likely N-dealkylation sites (tertiary alicyclic amines) is 1. The van der Waals surface area contributed by atoms with Gasteiger partial charge in [-0.3, -0.25) is 9.59 Å². The number of carbonyl (C=O) groups is 2. The second kappa shape index (κ2) is 9.39. The molecule has 0 saturated carbocycles. The number of rotatable bonds is 7. The van der Waals surface area contributed by atoms with Gasteiger partial charge in [0.25, 0.3) is 11.7 Å². The predicted molar refractivity (Wildman–Crippen MR) is 114 cm³/mol. The molecule has 0 aliphatic carbocycles. The van der Waals surface area contributed by atoms with Gasteiger partial charge < -0.3 is 14.9 Å². The summed E-state index contributed by atoms with van der Waals surface area (Å²) in [5.74, 6) is -2.79. The monoisotopic (exact) mass is 428 g/mol. The number of hydrogen-bond donors (Lipinski definition) is 1. The van der Waals surface area contributed by atoms with Gasteiger partial charge in [0, 0.05) is 18.7 Å². The number of carbonyl (C=O) groups excluding carboxylic acids is 2. The molecule has 1 saturated heterocycles. The highest BCUT2D eigenvalue weighted by atomic mass is 19.1. The van der Waals surface area contributed by atoms with E-state index in [-0.39, 0.29) is 23.4 Å². The third kappa shape index (κ3) is 4.51. The molecule has 2 aromatic carbocycles. The number of aliphatic hydroxyl groups excluding tert-OH is 1. The maximum absolute atomic E-state index is 13.7. The number of aryl methyl sites for hydroxylation is 1.